The van der Waals surface area contributed by atoms with Gasteiger partial charge < -0.3 is 10.1 Å². The third kappa shape index (κ3) is 4.49. The molecule has 3 heteroatoms. The van der Waals surface area contributed by atoms with Crippen LogP contribution in [0.2, 0.25) is 0 Å². The van der Waals surface area contributed by atoms with Crippen LogP contribution in [0.25, 0.3) is 0 Å². The molecular weight excluding hydrogens is 188 g/mol. The summed E-state index contributed by atoms with van der Waals surface area (Å²) in [5.41, 5.74) is 0.221. The molecule has 1 saturated heterocycles. The van der Waals surface area contributed by atoms with Crippen molar-refractivity contribution in [1.29, 1.82) is 0 Å². The zero-order valence-corrected chi connectivity index (χ0v) is 10.8. The van der Waals surface area contributed by atoms with E-state index in [1.807, 2.05) is 0 Å². The van der Waals surface area contributed by atoms with E-state index in [0.717, 1.165) is 19.7 Å². The normalized spacial score (nSPS) is 27.6. The molecule has 0 spiro atoms. The summed E-state index contributed by atoms with van der Waals surface area (Å²) < 4.78 is 5.57. The van der Waals surface area contributed by atoms with Crippen LogP contribution in [0.15, 0.2) is 0 Å². The van der Waals surface area contributed by atoms with Gasteiger partial charge in [0.05, 0.1) is 6.10 Å². The lowest BCUT2D eigenvalue weighted by Crippen LogP contribution is -2.44. The van der Waals surface area contributed by atoms with Crippen LogP contribution in [0.4, 0.5) is 0 Å². The molecule has 90 valence electrons. The van der Waals surface area contributed by atoms with Crippen molar-refractivity contribution in [3.05, 3.63) is 0 Å². The number of nitrogens with one attached hydrogen (secondary N) is 1. The first-order valence-electron chi connectivity index (χ1n) is 5.97. The second-order valence-corrected chi connectivity index (χ2v) is 5.59. The van der Waals surface area contributed by atoms with Crippen LogP contribution in [-0.2, 0) is 4.74 Å². The number of likely N-dealkylation sites (N-methyl/N-ethyl adjacent to an activating group) is 1. The van der Waals surface area contributed by atoms with Crippen molar-refractivity contribution in [2.45, 2.75) is 51.8 Å². The van der Waals surface area contributed by atoms with Gasteiger partial charge in [-0.3, -0.25) is 4.90 Å². The van der Waals surface area contributed by atoms with Crippen molar-refractivity contribution in [2.24, 2.45) is 0 Å². The van der Waals surface area contributed by atoms with Crippen molar-refractivity contribution in [3.8, 4) is 0 Å². The fourth-order valence-electron chi connectivity index (χ4n) is 2.07. The molecule has 0 aromatic heterocycles. The van der Waals surface area contributed by atoms with Gasteiger partial charge in [0, 0.05) is 31.3 Å². The molecule has 1 fully saturated rings. The molecule has 0 aliphatic carbocycles. The zero-order valence-electron chi connectivity index (χ0n) is 10.8. The largest absolute Gasteiger partial charge is 0.377 e. The van der Waals surface area contributed by atoms with Gasteiger partial charge in [-0.1, -0.05) is 0 Å². The summed E-state index contributed by atoms with van der Waals surface area (Å²) in [6, 6.07) is 0.603. The van der Waals surface area contributed by atoms with Crippen molar-refractivity contribution < 1.29 is 4.74 Å². The van der Waals surface area contributed by atoms with E-state index in [4.69, 9.17) is 4.74 Å². The van der Waals surface area contributed by atoms with E-state index in [2.05, 4.69) is 45.0 Å². The standard InChI is InChI=1S/C12H26N2O/c1-10-11(6-9-15-10)14(5)8-7-13-12(2,3)4/h10-11,13H,6-9H2,1-5H3. The smallest absolute Gasteiger partial charge is 0.0702 e. The van der Waals surface area contributed by atoms with E-state index in [1.165, 1.54) is 6.42 Å². The Bertz CT molecular complexity index is 189. The maximum Gasteiger partial charge on any atom is 0.0702 e. The lowest BCUT2D eigenvalue weighted by atomic mass is 10.1. The van der Waals surface area contributed by atoms with Crippen LogP contribution in [0.5, 0.6) is 0 Å². The van der Waals surface area contributed by atoms with Crippen LogP contribution in [0.3, 0.4) is 0 Å². The molecular formula is C12H26N2O. The molecule has 0 amide bonds. The van der Waals surface area contributed by atoms with E-state index in [0.29, 0.717) is 12.1 Å². The number of nitrogens with zero attached hydrogens (tertiary/aromatic N) is 1. The van der Waals surface area contributed by atoms with Gasteiger partial charge in [0.15, 0.2) is 0 Å². The van der Waals surface area contributed by atoms with Crippen molar-refractivity contribution in [2.75, 3.05) is 26.7 Å². The minimum Gasteiger partial charge on any atom is -0.377 e. The second-order valence-electron chi connectivity index (χ2n) is 5.59. The van der Waals surface area contributed by atoms with Gasteiger partial charge in [0.25, 0.3) is 0 Å². The molecule has 0 radical (unpaired) electrons. The summed E-state index contributed by atoms with van der Waals surface area (Å²) in [5.74, 6) is 0. The molecule has 1 aliphatic heterocycles. The quantitative estimate of drug-likeness (QED) is 0.767. The molecule has 0 saturated carbocycles. The Hall–Kier alpha value is -0.120. The molecule has 1 rings (SSSR count). The van der Waals surface area contributed by atoms with E-state index in [-0.39, 0.29) is 5.54 Å². The van der Waals surface area contributed by atoms with Gasteiger partial charge in [-0.25, -0.2) is 0 Å². The van der Waals surface area contributed by atoms with Gasteiger partial charge in [-0.15, -0.1) is 0 Å². The Labute approximate surface area is 94.2 Å². The third-order valence-electron chi connectivity index (χ3n) is 3.02. The Morgan fingerprint density at radius 3 is 2.53 bits per heavy atom. The molecule has 1 aliphatic rings. The Morgan fingerprint density at radius 1 is 1.40 bits per heavy atom. The molecule has 0 aromatic rings. The maximum atomic E-state index is 5.57. The maximum absolute atomic E-state index is 5.57. The molecule has 3 nitrogen and oxygen atoms in total. The van der Waals surface area contributed by atoms with Gasteiger partial charge in [0.1, 0.15) is 0 Å². The fraction of sp³-hybridized carbons (Fsp3) is 1.00. The van der Waals surface area contributed by atoms with Crippen LogP contribution < -0.4 is 5.32 Å². The van der Waals surface area contributed by atoms with E-state index in [1.54, 1.807) is 0 Å². The summed E-state index contributed by atoms with van der Waals surface area (Å²) in [4.78, 5) is 2.41. The molecule has 15 heavy (non-hydrogen) atoms. The number of ether oxygens (including phenoxy) is 1. The predicted molar refractivity (Wildman–Crippen MR) is 64.2 cm³/mol. The van der Waals surface area contributed by atoms with Gasteiger partial charge in [-0.2, -0.15) is 0 Å². The van der Waals surface area contributed by atoms with Crippen molar-refractivity contribution in [3.63, 3.8) is 0 Å². The third-order valence-corrected chi connectivity index (χ3v) is 3.02. The Morgan fingerprint density at radius 2 is 2.07 bits per heavy atom. The highest BCUT2D eigenvalue weighted by Gasteiger charge is 2.27. The lowest BCUT2D eigenvalue weighted by Gasteiger charge is -2.28. The van der Waals surface area contributed by atoms with E-state index >= 15 is 0 Å². The van der Waals surface area contributed by atoms with Gasteiger partial charge >= 0.3 is 0 Å². The zero-order chi connectivity index (χ0) is 11.5. The topological polar surface area (TPSA) is 24.5 Å². The number of rotatable bonds is 4. The van der Waals surface area contributed by atoms with Gasteiger partial charge in [0.2, 0.25) is 0 Å². The molecule has 1 N–H and O–H groups in total. The summed E-state index contributed by atoms with van der Waals surface area (Å²) in [6.07, 6.45) is 1.57. The SMILES string of the molecule is CC1OCCC1N(C)CCNC(C)(C)C. The molecule has 2 unspecified atom stereocenters. The van der Waals surface area contributed by atoms with Crippen molar-refractivity contribution in [1.82, 2.24) is 10.2 Å². The lowest BCUT2D eigenvalue weighted by molar-refractivity contribution is 0.0835. The highest BCUT2D eigenvalue weighted by atomic mass is 16.5. The summed E-state index contributed by atoms with van der Waals surface area (Å²) >= 11 is 0. The van der Waals surface area contributed by atoms with E-state index < -0.39 is 0 Å². The minimum absolute atomic E-state index is 0.221. The first-order chi connectivity index (χ1) is 6.90. The molecule has 2 atom stereocenters. The molecule has 1 heterocycles. The monoisotopic (exact) mass is 214 g/mol. The highest BCUT2D eigenvalue weighted by Crippen LogP contribution is 2.17. The summed E-state index contributed by atoms with van der Waals surface area (Å²) in [6.45, 7) is 11.8. The minimum atomic E-state index is 0.221. The first-order valence-corrected chi connectivity index (χ1v) is 5.97. The Balaban J connectivity index is 2.21. The number of hydrogen-bond donors (Lipinski definition) is 1. The average Bonchev–Trinajstić information content (AvgIpc) is 2.48. The molecule has 0 bridgehead atoms. The summed E-state index contributed by atoms with van der Waals surface area (Å²) in [7, 11) is 2.19. The number of hydrogen-bond acceptors (Lipinski definition) is 3. The summed E-state index contributed by atoms with van der Waals surface area (Å²) in [5, 5.41) is 3.51. The molecule has 0 aromatic carbocycles. The predicted octanol–water partition coefficient (Wildman–Crippen LogP) is 1.48. The van der Waals surface area contributed by atoms with Crippen LogP contribution in [0, 0.1) is 0 Å². The van der Waals surface area contributed by atoms with Gasteiger partial charge in [-0.05, 0) is 41.2 Å². The fourth-order valence-corrected chi connectivity index (χ4v) is 2.07. The second kappa shape index (κ2) is 5.28. The van der Waals surface area contributed by atoms with Crippen LogP contribution >= 0.6 is 0 Å². The van der Waals surface area contributed by atoms with Crippen LogP contribution in [-0.4, -0.2) is 49.3 Å². The first kappa shape index (κ1) is 12.9. The average molecular weight is 214 g/mol. The highest BCUT2D eigenvalue weighted by molar-refractivity contribution is 4.81. The van der Waals surface area contributed by atoms with E-state index in [9.17, 15) is 0 Å². The van der Waals surface area contributed by atoms with Crippen molar-refractivity contribution >= 4 is 0 Å². The van der Waals surface area contributed by atoms with Crippen LogP contribution in [0.1, 0.15) is 34.1 Å². The Kier molecular flexibility index (Phi) is 4.56.